The average molecular weight is 375 g/mol. The molecule has 3 heterocycles. The highest BCUT2D eigenvalue weighted by Crippen LogP contribution is 2.37. The zero-order chi connectivity index (χ0) is 16.5. The number of likely N-dealkylation sites (tertiary alicyclic amines) is 1. The summed E-state index contributed by atoms with van der Waals surface area (Å²) in [5, 5.41) is 0. The van der Waals surface area contributed by atoms with Crippen LogP contribution in [-0.4, -0.2) is 38.4 Å². The van der Waals surface area contributed by atoms with E-state index >= 15 is 0 Å². The number of aromatic nitrogens is 3. The Kier molecular flexibility index (Phi) is 6.75. The highest BCUT2D eigenvalue weighted by atomic mass is 35.5. The largest absolute Gasteiger partial charge is 0.412 e. The van der Waals surface area contributed by atoms with Gasteiger partial charge in [0.2, 0.25) is 0 Å². The van der Waals surface area contributed by atoms with Gasteiger partial charge in [0.1, 0.15) is 11.5 Å². The molecule has 0 spiro atoms. The molecule has 0 aromatic heterocycles. The Morgan fingerprint density at radius 3 is 2.50 bits per heavy atom. The van der Waals surface area contributed by atoms with E-state index < -0.39 is 0 Å². The molecule has 3 aliphatic heterocycles. The van der Waals surface area contributed by atoms with Gasteiger partial charge in [0.25, 0.3) is 0 Å². The number of rotatable bonds is 3. The van der Waals surface area contributed by atoms with Crippen molar-refractivity contribution in [1.29, 1.82) is 0 Å². The standard InChI is InChI=1S/C20H24N4.ClH.H2O/c1-14-19(20-18(22-14)12-21-15(2)23-20)17-8-10-24(11-9-17)13-16-6-4-3-5-7-16;;/h3-7,12,17H,8-11,13H2,1-2H3,(H,21,23);1H;1H2. The molecule has 0 saturated carbocycles. The third kappa shape index (κ3) is 4.06. The quantitative estimate of drug-likeness (QED) is 0.762. The summed E-state index contributed by atoms with van der Waals surface area (Å²) in [5.74, 6) is 1.55. The number of nitrogens with one attached hydrogen (secondary N) is 1. The molecule has 6 heteroatoms. The summed E-state index contributed by atoms with van der Waals surface area (Å²) >= 11 is 0. The fourth-order valence-corrected chi connectivity index (χ4v) is 3.93. The zero-order valence-electron chi connectivity index (χ0n) is 15.3. The summed E-state index contributed by atoms with van der Waals surface area (Å²) in [6.07, 6.45) is 4.29. The fourth-order valence-electron chi connectivity index (χ4n) is 3.93. The number of aromatic amines is 1. The molecule has 3 N–H and O–H groups in total. The summed E-state index contributed by atoms with van der Waals surface area (Å²) in [4.78, 5) is 15.1. The Balaban J connectivity index is 0.00000121. The number of hydrogen-bond donors (Lipinski definition) is 1. The first-order chi connectivity index (χ1) is 11.7. The lowest BCUT2D eigenvalue weighted by Gasteiger charge is -2.32. The minimum atomic E-state index is 0. The Labute approximate surface area is 160 Å². The van der Waals surface area contributed by atoms with Crippen LogP contribution >= 0.6 is 12.4 Å². The van der Waals surface area contributed by atoms with Crippen LogP contribution in [0.5, 0.6) is 0 Å². The van der Waals surface area contributed by atoms with Gasteiger partial charge in [0.05, 0.1) is 11.9 Å². The van der Waals surface area contributed by atoms with Crippen LogP contribution in [0.1, 0.15) is 41.4 Å². The van der Waals surface area contributed by atoms with Crippen LogP contribution < -0.4 is 0 Å². The Morgan fingerprint density at radius 2 is 1.81 bits per heavy atom. The van der Waals surface area contributed by atoms with Crippen LogP contribution in [0.4, 0.5) is 0 Å². The van der Waals surface area contributed by atoms with Gasteiger partial charge in [-0.2, -0.15) is 0 Å². The lowest BCUT2D eigenvalue weighted by Crippen LogP contribution is -2.32. The van der Waals surface area contributed by atoms with Crippen molar-refractivity contribution in [2.24, 2.45) is 0 Å². The SMILES string of the molecule is Cc1ncc2nc(C)c(C3CCN(Cc4ccccc4)CC3)c-2[nH]1.Cl.O. The van der Waals surface area contributed by atoms with Crippen LogP contribution in [0, 0.1) is 13.8 Å². The molecule has 1 aromatic carbocycles. The third-order valence-corrected chi connectivity index (χ3v) is 5.13. The predicted molar refractivity (Wildman–Crippen MR) is 107 cm³/mol. The number of hydrogen-bond acceptors (Lipinski definition) is 3. The molecule has 1 aromatic rings. The summed E-state index contributed by atoms with van der Waals surface area (Å²) < 4.78 is 0. The van der Waals surface area contributed by atoms with Crippen LogP contribution in [-0.2, 0) is 6.54 Å². The maximum atomic E-state index is 4.71. The Hall–Kier alpha value is -1.95. The van der Waals surface area contributed by atoms with E-state index in [2.05, 4.69) is 52.1 Å². The molecule has 0 amide bonds. The molecule has 4 rings (SSSR count). The van der Waals surface area contributed by atoms with E-state index in [9.17, 15) is 0 Å². The van der Waals surface area contributed by atoms with Crippen LogP contribution in [0.2, 0.25) is 0 Å². The molecule has 0 atom stereocenters. The van der Waals surface area contributed by atoms with E-state index in [1.54, 1.807) is 0 Å². The van der Waals surface area contributed by atoms with Crippen molar-refractivity contribution in [2.75, 3.05) is 13.1 Å². The van der Waals surface area contributed by atoms with Gasteiger partial charge in [-0.25, -0.2) is 9.97 Å². The predicted octanol–water partition coefficient (Wildman–Crippen LogP) is 3.50. The van der Waals surface area contributed by atoms with Crippen molar-refractivity contribution in [3.8, 4) is 11.4 Å². The molecule has 0 bridgehead atoms. The van der Waals surface area contributed by atoms with E-state index in [-0.39, 0.29) is 17.9 Å². The normalized spacial score (nSPS) is 15.5. The van der Waals surface area contributed by atoms with Crippen molar-refractivity contribution >= 4 is 12.4 Å². The maximum absolute atomic E-state index is 4.71. The highest BCUT2D eigenvalue weighted by Gasteiger charge is 2.27. The number of benzene rings is 1. The molecule has 3 aliphatic rings. The smallest absolute Gasteiger partial charge is 0.105 e. The topological polar surface area (TPSA) is 76.3 Å². The first-order valence-corrected chi connectivity index (χ1v) is 8.79. The van der Waals surface area contributed by atoms with Crippen LogP contribution in [0.25, 0.3) is 11.4 Å². The minimum absolute atomic E-state index is 0. The molecule has 5 nitrogen and oxygen atoms in total. The molecule has 26 heavy (non-hydrogen) atoms. The Morgan fingerprint density at radius 1 is 1.12 bits per heavy atom. The number of halogens is 1. The third-order valence-electron chi connectivity index (χ3n) is 5.13. The van der Waals surface area contributed by atoms with E-state index in [4.69, 9.17) is 4.98 Å². The number of fused-ring (bicyclic) bond motifs is 1. The van der Waals surface area contributed by atoms with Crippen LogP contribution in [0.3, 0.4) is 0 Å². The Bertz CT molecular complexity index is 797. The molecule has 1 saturated heterocycles. The lowest BCUT2D eigenvalue weighted by molar-refractivity contribution is 0.204. The van der Waals surface area contributed by atoms with Gasteiger partial charge >= 0.3 is 0 Å². The van der Waals surface area contributed by atoms with E-state index in [0.717, 1.165) is 36.8 Å². The molecule has 1 fully saturated rings. The van der Waals surface area contributed by atoms with Gasteiger partial charge in [0, 0.05) is 17.8 Å². The molecular formula is C20H27ClN4O. The van der Waals surface area contributed by atoms with Gasteiger partial charge < -0.3 is 10.5 Å². The average Bonchev–Trinajstić information content (AvgIpc) is 2.92. The molecule has 140 valence electrons. The first kappa shape index (κ1) is 20.4. The van der Waals surface area contributed by atoms with Crippen molar-refractivity contribution in [2.45, 2.75) is 39.2 Å². The minimum Gasteiger partial charge on any atom is -0.412 e. The van der Waals surface area contributed by atoms with Gasteiger partial charge in [0.15, 0.2) is 0 Å². The summed E-state index contributed by atoms with van der Waals surface area (Å²) in [7, 11) is 0. The highest BCUT2D eigenvalue weighted by molar-refractivity contribution is 5.85. The molecule has 0 unspecified atom stereocenters. The summed E-state index contributed by atoms with van der Waals surface area (Å²) in [6, 6.07) is 10.8. The van der Waals surface area contributed by atoms with Crippen LogP contribution in [0.15, 0.2) is 36.5 Å². The van der Waals surface area contributed by atoms with Gasteiger partial charge in [-0.15, -0.1) is 12.4 Å². The summed E-state index contributed by atoms with van der Waals surface area (Å²) in [5.41, 5.74) is 6.17. The monoisotopic (exact) mass is 374 g/mol. The van der Waals surface area contributed by atoms with Crippen molar-refractivity contribution in [3.63, 3.8) is 0 Å². The fraction of sp³-hybridized carbons (Fsp3) is 0.400. The molecule has 0 radical (unpaired) electrons. The van der Waals surface area contributed by atoms with Crippen molar-refractivity contribution < 1.29 is 5.48 Å². The van der Waals surface area contributed by atoms with E-state index in [1.165, 1.54) is 29.7 Å². The lowest BCUT2D eigenvalue weighted by atomic mass is 9.87. The second-order valence-corrected chi connectivity index (χ2v) is 6.88. The number of aryl methyl sites for hydroxylation is 2. The van der Waals surface area contributed by atoms with Gasteiger partial charge in [-0.1, -0.05) is 30.3 Å². The number of piperidine rings is 1. The molecular weight excluding hydrogens is 348 g/mol. The number of nitrogens with zero attached hydrogens (tertiary/aromatic N) is 3. The second kappa shape index (κ2) is 8.62. The van der Waals surface area contributed by atoms with Crippen molar-refractivity contribution in [3.05, 3.63) is 59.2 Å². The summed E-state index contributed by atoms with van der Waals surface area (Å²) in [6.45, 7) is 7.50. The maximum Gasteiger partial charge on any atom is 0.105 e. The van der Waals surface area contributed by atoms with Gasteiger partial charge in [-0.05, 0) is 51.3 Å². The number of H-pyrrole nitrogens is 1. The first-order valence-electron chi connectivity index (χ1n) is 8.79. The van der Waals surface area contributed by atoms with E-state index in [1.807, 2.05) is 13.1 Å². The van der Waals surface area contributed by atoms with E-state index in [0.29, 0.717) is 5.92 Å². The van der Waals surface area contributed by atoms with Crippen molar-refractivity contribution in [1.82, 2.24) is 19.9 Å². The molecule has 0 aliphatic carbocycles. The second-order valence-electron chi connectivity index (χ2n) is 6.88. The zero-order valence-corrected chi connectivity index (χ0v) is 16.1. The van der Waals surface area contributed by atoms with Gasteiger partial charge in [-0.3, -0.25) is 4.90 Å².